The first-order valence-electron chi connectivity index (χ1n) is 9.98. The first-order valence-corrected chi connectivity index (χ1v) is 10.4. The lowest BCUT2D eigenvalue weighted by Gasteiger charge is -2.35. The Bertz CT molecular complexity index is 991. The molecule has 7 heteroatoms. The number of para-hydroxylation sites is 1. The van der Waals surface area contributed by atoms with Crippen molar-refractivity contribution in [3.8, 4) is 17.0 Å². The highest BCUT2D eigenvalue weighted by Gasteiger charge is 2.22. The molecule has 0 atom stereocenters. The summed E-state index contributed by atoms with van der Waals surface area (Å²) in [6.07, 6.45) is 1.93. The maximum Gasteiger partial charge on any atom is 0.226 e. The number of carbonyl (C=O) groups excluding carboxylic acids is 1. The number of hydrogen-bond donors (Lipinski definition) is 0. The van der Waals surface area contributed by atoms with Gasteiger partial charge in [0.2, 0.25) is 5.91 Å². The van der Waals surface area contributed by atoms with Gasteiger partial charge in [0.15, 0.2) is 0 Å². The van der Waals surface area contributed by atoms with E-state index in [0.29, 0.717) is 36.9 Å². The molecule has 154 valence electrons. The van der Waals surface area contributed by atoms with E-state index in [1.54, 1.807) is 18.5 Å². The topological polar surface area (TPSA) is 58.6 Å². The summed E-state index contributed by atoms with van der Waals surface area (Å²) < 4.78 is 5.64. The number of anilines is 1. The van der Waals surface area contributed by atoms with Gasteiger partial charge in [0.05, 0.1) is 23.7 Å². The second-order valence-corrected chi connectivity index (χ2v) is 7.43. The fraction of sp³-hybridized carbons (Fsp3) is 0.261. The lowest BCUT2D eigenvalue weighted by Crippen LogP contribution is -2.49. The molecule has 1 fully saturated rings. The third-order valence-corrected chi connectivity index (χ3v) is 5.40. The molecule has 0 spiro atoms. The van der Waals surface area contributed by atoms with Crippen LogP contribution in [0.1, 0.15) is 6.42 Å². The fourth-order valence-corrected chi connectivity index (χ4v) is 3.63. The molecule has 2 heterocycles. The minimum Gasteiger partial charge on any atom is -0.491 e. The van der Waals surface area contributed by atoms with Crippen LogP contribution in [0.25, 0.3) is 11.3 Å². The minimum absolute atomic E-state index is 0.0920. The molecule has 6 nitrogen and oxygen atoms in total. The molecule has 30 heavy (non-hydrogen) atoms. The van der Waals surface area contributed by atoms with E-state index in [0.717, 1.165) is 30.2 Å². The van der Waals surface area contributed by atoms with Crippen molar-refractivity contribution in [3.63, 3.8) is 0 Å². The van der Waals surface area contributed by atoms with Crippen molar-refractivity contribution in [2.24, 2.45) is 0 Å². The summed E-state index contributed by atoms with van der Waals surface area (Å²) >= 11 is 6.08. The van der Waals surface area contributed by atoms with Crippen molar-refractivity contribution >= 4 is 23.3 Å². The molecule has 0 radical (unpaired) electrons. The molecule has 2 aromatic carbocycles. The largest absolute Gasteiger partial charge is 0.491 e. The monoisotopic (exact) mass is 422 g/mol. The zero-order chi connectivity index (χ0) is 20.8. The Kier molecular flexibility index (Phi) is 6.44. The molecule has 0 bridgehead atoms. The number of amides is 1. The average Bonchev–Trinajstić information content (AvgIpc) is 2.81. The molecule has 1 aliphatic rings. The summed E-state index contributed by atoms with van der Waals surface area (Å²) in [5.74, 6) is 1.59. The van der Waals surface area contributed by atoms with Gasteiger partial charge >= 0.3 is 0 Å². The molecule has 1 aliphatic heterocycles. The van der Waals surface area contributed by atoms with Gasteiger partial charge in [-0.3, -0.25) is 4.79 Å². The Balaban J connectivity index is 1.28. The van der Waals surface area contributed by atoms with Crippen LogP contribution in [-0.2, 0) is 4.79 Å². The Hall–Kier alpha value is -3.12. The summed E-state index contributed by atoms with van der Waals surface area (Å²) in [7, 11) is 0. The van der Waals surface area contributed by atoms with Crippen LogP contribution in [0, 0.1) is 0 Å². The lowest BCUT2D eigenvalue weighted by molar-refractivity contribution is -0.132. The fourth-order valence-electron chi connectivity index (χ4n) is 3.44. The van der Waals surface area contributed by atoms with E-state index in [4.69, 9.17) is 16.3 Å². The molecule has 4 rings (SSSR count). The van der Waals surface area contributed by atoms with Gasteiger partial charge in [0.1, 0.15) is 17.9 Å². The third-order valence-electron chi connectivity index (χ3n) is 5.09. The Morgan fingerprint density at radius 1 is 0.967 bits per heavy atom. The van der Waals surface area contributed by atoms with Crippen LogP contribution in [0.4, 0.5) is 5.82 Å². The van der Waals surface area contributed by atoms with Gasteiger partial charge in [-0.15, -0.1) is 0 Å². The molecule has 0 N–H and O–H groups in total. The van der Waals surface area contributed by atoms with Crippen LogP contribution in [-0.4, -0.2) is 53.6 Å². The quantitative estimate of drug-likeness (QED) is 0.602. The molecule has 0 saturated carbocycles. The summed E-state index contributed by atoms with van der Waals surface area (Å²) in [4.78, 5) is 25.4. The van der Waals surface area contributed by atoms with Crippen molar-refractivity contribution in [2.45, 2.75) is 6.42 Å². The normalized spacial score (nSPS) is 13.9. The number of nitrogens with zero attached hydrogens (tertiary/aromatic N) is 4. The van der Waals surface area contributed by atoms with E-state index in [1.165, 1.54) is 0 Å². The SMILES string of the molecule is O=C(CCOc1ccccc1Cl)N1CCN(c2cc(-c3ccccc3)ncn2)CC1. The van der Waals surface area contributed by atoms with Crippen LogP contribution in [0.3, 0.4) is 0 Å². The van der Waals surface area contributed by atoms with Gasteiger partial charge in [-0.05, 0) is 12.1 Å². The Labute approximate surface area is 181 Å². The predicted octanol–water partition coefficient (Wildman–Crippen LogP) is 3.91. The van der Waals surface area contributed by atoms with E-state index in [2.05, 4.69) is 14.9 Å². The standard InChI is InChI=1S/C23H23ClN4O2/c24-19-8-4-5-9-21(19)30-15-10-23(29)28-13-11-27(12-14-28)22-16-20(25-17-26-22)18-6-2-1-3-7-18/h1-9,16-17H,10-15H2. The van der Waals surface area contributed by atoms with Crippen LogP contribution >= 0.6 is 11.6 Å². The number of aromatic nitrogens is 2. The van der Waals surface area contributed by atoms with Crippen LogP contribution in [0.15, 0.2) is 67.0 Å². The third kappa shape index (κ3) is 4.89. The van der Waals surface area contributed by atoms with Crippen molar-refractivity contribution in [1.82, 2.24) is 14.9 Å². The van der Waals surface area contributed by atoms with Crippen LogP contribution in [0.5, 0.6) is 5.75 Å². The van der Waals surface area contributed by atoms with Crippen molar-refractivity contribution in [2.75, 3.05) is 37.7 Å². The van der Waals surface area contributed by atoms with E-state index < -0.39 is 0 Å². The molecular formula is C23H23ClN4O2. The van der Waals surface area contributed by atoms with Gasteiger partial charge in [-0.25, -0.2) is 9.97 Å². The number of halogens is 1. The first kappa shape index (κ1) is 20.2. The highest BCUT2D eigenvalue weighted by atomic mass is 35.5. The van der Waals surface area contributed by atoms with Gasteiger partial charge in [-0.1, -0.05) is 54.1 Å². The number of rotatable bonds is 6. The van der Waals surface area contributed by atoms with Crippen molar-refractivity contribution < 1.29 is 9.53 Å². The highest BCUT2D eigenvalue weighted by molar-refractivity contribution is 6.32. The summed E-state index contributed by atoms with van der Waals surface area (Å²) in [6, 6.07) is 19.3. The predicted molar refractivity (Wildman–Crippen MR) is 118 cm³/mol. The maximum atomic E-state index is 12.5. The average molecular weight is 423 g/mol. The van der Waals surface area contributed by atoms with E-state index in [9.17, 15) is 4.79 Å². The van der Waals surface area contributed by atoms with Crippen LogP contribution < -0.4 is 9.64 Å². The smallest absolute Gasteiger partial charge is 0.226 e. The van der Waals surface area contributed by atoms with E-state index in [1.807, 2.05) is 53.4 Å². The second kappa shape index (κ2) is 9.59. The number of carbonyl (C=O) groups is 1. The molecule has 0 aliphatic carbocycles. The molecule has 3 aromatic rings. The van der Waals surface area contributed by atoms with Gasteiger partial charge < -0.3 is 14.5 Å². The highest BCUT2D eigenvalue weighted by Crippen LogP contribution is 2.24. The Morgan fingerprint density at radius 3 is 2.47 bits per heavy atom. The Morgan fingerprint density at radius 2 is 1.70 bits per heavy atom. The molecular weight excluding hydrogens is 400 g/mol. The summed E-state index contributed by atoms with van der Waals surface area (Å²) in [6.45, 7) is 3.12. The molecule has 1 amide bonds. The number of piperazine rings is 1. The van der Waals surface area contributed by atoms with E-state index in [-0.39, 0.29) is 5.91 Å². The second-order valence-electron chi connectivity index (χ2n) is 7.02. The molecule has 0 unspecified atom stereocenters. The zero-order valence-electron chi connectivity index (χ0n) is 16.6. The van der Waals surface area contributed by atoms with Gasteiger partial charge in [-0.2, -0.15) is 0 Å². The minimum atomic E-state index is 0.0920. The number of ether oxygens (including phenoxy) is 1. The summed E-state index contributed by atoms with van der Waals surface area (Å²) in [5.41, 5.74) is 1.96. The zero-order valence-corrected chi connectivity index (χ0v) is 17.3. The molecule has 1 aromatic heterocycles. The van der Waals surface area contributed by atoms with E-state index >= 15 is 0 Å². The van der Waals surface area contributed by atoms with Gasteiger partial charge in [0.25, 0.3) is 0 Å². The van der Waals surface area contributed by atoms with Crippen molar-refractivity contribution in [1.29, 1.82) is 0 Å². The van der Waals surface area contributed by atoms with Crippen LogP contribution in [0.2, 0.25) is 5.02 Å². The van der Waals surface area contributed by atoms with Crippen molar-refractivity contribution in [3.05, 3.63) is 72.0 Å². The van der Waals surface area contributed by atoms with Gasteiger partial charge in [0, 0.05) is 37.8 Å². The lowest BCUT2D eigenvalue weighted by atomic mass is 10.1. The first-order chi connectivity index (χ1) is 14.7. The summed E-state index contributed by atoms with van der Waals surface area (Å²) in [5, 5.41) is 0.554. The maximum absolute atomic E-state index is 12.5. The number of hydrogen-bond acceptors (Lipinski definition) is 5. The number of benzene rings is 2. The molecule has 1 saturated heterocycles.